The molecule has 0 aliphatic carbocycles. The normalized spacial score (nSPS) is 20.0. The van der Waals surface area contributed by atoms with Crippen molar-refractivity contribution in [2.24, 2.45) is 0 Å². The third-order valence-corrected chi connectivity index (χ3v) is 6.06. The molecule has 1 unspecified atom stereocenters. The van der Waals surface area contributed by atoms with Crippen molar-refractivity contribution in [3.63, 3.8) is 0 Å². The number of hydrogen-bond acceptors (Lipinski definition) is 3. The summed E-state index contributed by atoms with van der Waals surface area (Å²) in [5.41, 5.74) is 1.01. The molecule has 7 heteroatoms. The number of rotatable bonds is 4. The number of piperazine rings is 1. The minimum Gasteiger partial charge on any atom is -0.314 e. The molecule has 0 aromatic heterocycles. The molecule has 1 saturated heterocycles. The van der Waals surface area contributed by atoms with Crippen molar-refractivity contribution in [1.82, 2.24) is 9.62 Å². The Morgan fingerprint density at radius 1 is 1.43 bits per heavy atom. The maximum atomic E-state index is 12.8. The fraction of sp³-hybridized carbons (Fsp3) is 0.571. The number of hydrogen-bond donors (Lipinski definition) is 1. The quantitative estimate of drug-likeness (QED) is 0.906. The summed E-state index contributed by atoms with van der Waals surface area (Å²) in [5, 5.41) is 3.50. The standard InChI is InChI=1S/C14H21ClN2O2S.ClH/c1-3-4-12-5-6-13(15)14(9-12)20(18,19)17-8-7-16-10-11(17)2;/h5-6,9,11,16H,3-4,7-8,10H2,1-2H3;1H. The highest BCUT2D eigenvalue weighted by atomic mass is 35.5. The monoisotopic (exact) mass is 352 g/mol. The van der Waals surface area contributed by atoms with E-state index < -0.39 is 10.0 Å². The Kier molecular flexibility index (Phi) is 6.94. The number of benzene rings is 1. The van der Waals surface area contributed by atoms with Gasteiger partial charge in [0.15, 0.2) is 0 Å². The summed E-state index contributed by atoms with van der Waals surface area (Å²) in [6, 6.07) is 5.24. The Morgan fingerprint density at radius 2 is 2.14 bits per heavy atom. The molecule has 0 spiro atoms. The zero-order chi connectivity index (χ0) is 14.8. The number of nitrogens with zero attached hydrogens (tertiary/aromatic N) is 1. The highest BCUT2D eigenvalue weighted by Crippen LogP contribution is 2.27. The summed E-state index contributed by atoms with van der Waals surface area (Å²) in [4.78, 5) is 0.235. The van der Waals surface area contributed by atoms with Gasteiger partial charge in [-0.2, -0.15) is 4.31 Å². The van der Waals surface area contributed by atoms with Gasteiger partial charge in [-0.1, -0.05) is 31.0 Å². The Bertz CT molecular complexity index is 578. The van der Waals surface area contributed by atoms with E-state index in [2.05, 4.69) is 12.2 Å². The van der Waals surface area contributed by atoms with E-state index in [-0.39, 0.29) is 23.3 Å². The molecule has 0 amide bonds. The zero-order valence-corrected chi connectivity index (χ0v) is 14.7. The smallest absolute Gasteiger partial charge is 0.244 e. The first-order valence-electron chi connectivity index (χ1n) is 6.97. The highest BCUT2D eigenvalue weighted by molar-refractivity contribution is 7.89. The van der Waals surface area contributed by atoms with Crippen molar-refractivity contribution in [2.75, 3.05) is 19.6 Å². The van der Waals surface area contributed by atoms with Gasteiger partial charge in [-0.3, -0.25) is 0 Å². The lowest BCUT2D eigenvalue weighted by atomic mass is 10.1. The van der Waals surface area contributed by atoms with Gasteiger partial charge >= 0.3 is 0 Å². The van der Waals surface area contributed by atoms with E-state index in [1.165, 1.54) is 0 Å². The van der Waals surface area contributed by atoms with Crippen LogP contribution in [0.2, 0.25) is 5.02 Å². The molecule has 1 fully saturated rings. The lowest BCUT2D eigenvalue weighted by molar-refractivity contribution is 0.284. The third-order valence-electron chi connectivity index (χ3n) is 3.56. The first-order valence-corrected chi connectivity index (χ1v) is 8.79. The Balaban J connectivity index is 0.00000220. The van der Waals surface area contributed by atoms with Crippen molar-refractivity contribution in [1.29, 1.82) is 0 Å². The van der Waals surface area contributed by atoms with E-state index in [4.69, 9.17) is 11.6 Å². The molecule has 2 rings (SSSR count). The van der Waals surface area contributed by atoms with Gasteiger partial charge in [0.2, 0.25) is 10.0 Å². The minimum absolute atomic E-state index is 0. The van der Waals surface area contributed by atoms with Crippen LogP contribution in [-0.2, 0) is 16.4 Å². The van der Waals surface area contributed by atoms with Crippen molar-refractivity contribution < 1.29 is 8.42 Å². The summed E-state index contributed by atoms with van der Waals surface area (Å²) in [5.74, 6) is 0. The van der Waals surface area contributed by atoms with Crippen molar-refractivity contribution in [3.05, 3.63) is 28.8 Å². The molecule has 1 aliphatic heterocycles. The van der Waals surface area contributed by atoms with Crippen LogP contribution in [0.3, 0.4) is 0 Å². The van der Waals surface area contributed by atoms with Crippen LogP contribution in [0.5, 0.6) is 0 Å². The second-order valence-electron chi connectivity index (χ2n) is 5.18. The predicted octanol–water partition coefficient (Wildman–Crippen LogP) is 2.70. The van der Waals surface area contributed by atoms with E-state index >= 15 is 0 Å². The number of aryl methyl sites for hydroxylation is 1. The Hall–Kier alpha value is -0.330. The molecule has 0 bridgehead atoms. The van der Waals surface area contributed by atoms with Crippen molar-refractivity contribution >= 4 is 34.0 Å². The molecule has 1 N–H and O–H groups in total. The number of sulfonamides is 1. The summed E-state index contributed by atoms with van der Waals surface area (Å²) in [6.45, 7) is 5.81. The van der Waals surface area contributed by atoms with Crippen LogP contribution in [0.1, 0.15) is 25.8 Å². The second kappa shape index (κ2) is 7.79. The van der Waals surface area contributed by atoms with E-state index in [0.29, 0.717) is 24.7 Å². The third kappa shape index (κ3) is 4.11. The summed E-state index contributed by atoms with van der Waals surface area (Å²) >= 11 is 6.13. The number of nitrogens with one attached hydrogen (secondary N) is 1. The lowest BCUT2D eigenvalue weighted by Crippen LogP contribution is -2.52. The van der Waals surface area contributed by atoms with Gasteiger partial charge in [0, 0.05) is 25.7 Å². The van der Waals surface area contributed by atoms with Gasteiger partial charge in [-0.15, -0.1) is 12.4 Å². The molecule has 21 heavy (non-hydrogen) atoms. The molecule has 1 heterocycles. The van der Waals surface area contributed by atoms with E-state index in [1.807, 2.05) is 13.0 Å². The van der Waals surface area contributed by atoms with Gasteiger partial charge in [0.25, 0.3) is 0 Å². The van der Waals surface area contributed by atoms with Gasteiger partial charge in [0.1, 0.15) is 4.90 Å². The molecular formula is C14H22Cl2N2O2S. The summed E-state index contributed by atoms with van der Waals surface area (Å²) in [7, 11) is -3.52. The predicted molar refractivity (Wildman–Crippen MR) is 88.9 cm³/mol. The SMILES string of the molecule is CCCc1ccc(Cl)c(S(=O)(=O)N2CCNCC2C)c1.Cl. The largest absolute Gasteiger partial charge is 0.314 e. The van der Waals surface area contributed by atoms with E-state index in [0.717, 1.165) is 18.4 Å². The molecule has 0 saturated carbocycles. The second-order valence-corrected chi connectivity index (χ2v) is 7.45. The number of halogens is 2. The van der Waals surface area contributed by atoms with Crippen LogP contribution in [0.4, 0.5) is 0 Å². The minimum atomic E-state index is -3.52. The van der Waals surface area contributed by atoms with Crippen LogP contribution < -0.4 is 5.32 Å². The van der Waals surface area contributed by atoms with Crippen LogP contribution in [-0.4, -0.2) is 38.4 Å². The molecule has 1 atom stereocenters. The van der Waals surface area contributed by atoms with Gasteiger partial charge in [-0.05, 0) is 31.0 Å². The fourth-order valence-corrected chi connectivity index (χ4v) is 4.65. The fourth-order valence-electron chi connectivity index (χ4n) is 2.50. The summed E-state index contributed by atoms with van der Waals surface area (Å²) < 4.78 is 27.1. The van der Waals surface area contributed by atoms with Crippen LogP contribution in [0.15, 0.2) is 23.1 Å². The maximum Gasteiger partial charge on any atom is 0.244 e. The van der Waals surface area contributed by atoms with Gasteiger partial charge < -0.3 is 5.32 Å². The topological polar surface area (TPSA) is 49.4 Å². The van der Waals surface area contributed by atoms with Gasteiger partial charge in [-0.25, -0.2) is 8.42 Å². The van der Waals surface area contributed by atoms with Crippen molar-refractivity contribution in [3.8, 4) is 0 Å². The van der Waals surface area contributed by atoms with E-state index in [9.17, 15) is 8.42 Å². The molecule has 0 radical (unpaired) electrons. The van der Waals surface area contributed by atoms with Crippen LogP contribution >= 0.6 is 24.0 Å². The van der Waals surface area contributed by atoms with Crippen LogP contribution in [0, 0.1) is 0 Å². The van der Waals surface area contributed by atoms with Gasteiger partial charge in [0.05, 0.1) is 5.02 Å². The molecular weight excluding hydrogens is 331 g/mol. The first-order chi connectivity index (χ1) is 9.46. The van der Waals surface area contributed by atoms with Crippen molar-refractivity contribution in [2.45, 2.75) is 37.6 Å². The highest BCUT2D eigenvalue weighted by Gasteiger charge is 2.32. The maximum absolute atomic E-state index is 12.8. The average molecular weight is 353 g/mol. The summed E-state index contributed by atoms with van der Waals surface area (Å²) in [6.07, 6.45) is 1.84. The zero-order valence-electron chi connectivity index (χ0n) is 12.3. The average Bonchev–Trinajstić information content (AvgIpc) is 2.41. The molecule has 1 aliphatic rings. The molecule has 1 aromatic carbocycles. The molecule has 1 aromatic rings. The first kappa shape index (κ1) is 18.7. The Labute approximate surface area is 138 Å². The van der Waals surface area contributed by atoms with Crippen LogP contribution in [0.25, 0.3) is 0 Å². The molecule has 4 nitrogen and oxygen atoms in total. The Morgan fingerprint density at radius 3 is 2.76 bits per heavy atom. The lowest BCUT2D eigenvalue weighted by Gasteiger charge is -2.33. The van der Waals surface area contributed by atoms with E-state index in [1.54, 1.807) is 16.4 Å². The molecule has 120 valence electrons.